The van der Waals surface area contributed by atoms with Crippen LogP contribution in [0.3, 0.4) is 0 Å². The van der Waals surface area contributed by atoms with Crippen LogP contribution in [-0.2, 0) is 0 Å². The number of pyridine rings is 1. The van der Waals surface area contributed by atoms with Crippen LogP contribution < -0.4 is 10.5 Å². The molecule has 0 saturated carbocycles. The van der Waals surface area contributed by atoms with Gasteiger partial charge in [-0.1, -0.05) is 11.6 Å². The average Bonchev–Trinajstić information content (AvgIpc) is 2.08. The Morgan fingerprint density at radius 1 is 1.69 bits per heavy atom. The molecule has 72 valence electrons. The van der Waals surface area contributed by atoms with Crippen molar-refractivity contribution in [1.29, 1.82) is 0 Å². The lowest BCUT2D eigenvalue weighted by molar-refractivity contribution is 0.327. The minimum atomic E-state index is -0.0549. The minimum absolute atomic E-state index is 0.0549. The van der Waals surface area contributed by atoms with Crippen molar-refractivity contribution in [3.05, 3.63) is 22.8 Å². The summed E-state index contributed by atoms with van der Waals surface area (Å²) in [6.45, 7) is 4.33. The van der Waals surface area contributed by atoms with Crippen LogP contribution >= 0.6 is 11.6 Å². The number of aromatic nitrogens is 1. The van der Waals surface area contributed by atoms with Crippen molar-refractivity contribution < 1.29 is 4.74 Å². The summed E-state index contributed by atoms with van der Waals surface area (Å²) in [5, 5.41) is 0.511. The molecule has 0 aliphatic carbocycles. The number of halogens is 1. The van der Waals surface area contributed by atoms with Crippen molar-refractivity contribution in [2.75, 3.05) is 6.61 Å². The number of hydrogen-bond acceptors (Lipinski definition) is 3. The molecule has 1 unspecified atom stereocenters. The number of hydrogen-bond donors (Lipinski definition) is 1. The largest absolute Gasteiger partial charge is 0.477 e. The Kier molecular flexibility index (Phi) is 3.51. The summed E-state index contributed by atoms with van der Waals surface area (Å²) in [4.78, 5) is 4.06. The highest BCUT2D eigenvalue weighted by molar-refractivity contribution is 6.31. The van der Waals surface area contributed by atoms with Crippen molar-refractivity contribution in [2.24, 2.45) is 5.73 Å². The van der Waals surface area contributed by atoms with Crippen molar-refractivity contribution in [3.63, 3.8) is 0 Å². The predicted molar refractivity (Wildman–Crippen MR) is 53.0 cm³/mol. The third-order valence-electron chi connectivity index (χ3n) is 1.64. The van der Waals surface area contributed by atoms with Crippen LogP contribution in [0.4, 0.5) is 0 Å². The molecule has 4 heteroatoms. The van der Waals surface area contributed by atoms with Crippen molar-refractivity contribution in [1.82, 2.24) is 4.98 Å². The zero-order valence-electron chi connectivity index (χ0n) is 7.75. The van der Waals surface area contributed by atoms with Gasteiger partial charge in [0.2, 0.25) is 5.88 Å². The molecule has 3 nitrogen and oxygen atoms in total. The van der Waals surface area contributed by atoms with E-state index >= 15 is 0 Å². The molecule has 13 heavy (non-hydrogen) atoms. The first-order chi connectivity index (χ1) is 6.15. The summed E-state index contributed by atoms with van der Waals surface area (Å²) in [6, 6.07) is 1.73. The molecule has 0 aliphatic heterocycles. The van der Waals surface area contributed by atoms with Crippen molar-refractivity contribution in [2.45, 2.75) is 19.9 Å². The number of rotatable bonds is 3. The van der Waals surface area contributed by atoms with Gasteiger partial charge in [-0.3, -0.25) is 0 Å². The molecule has 2 N–H and O–H groups in total. The van der Waals surface area contributed by atoms with Crippen molar-refractivity contribution >= 4 is 11.6 Å². The third kappa shape index (κ3) is 2.57. The van der Waals surface area contributed by atoms with Gasteiger partial charge in [-0.25, -0.2) is 4.98 Å². The van der Waals surface area contributed by atoms with Gasteiger partial charge in [0.25, 0.3) is 0 Å². The second kappa shape index (κ2) is 4.44. The van der Waals surface area contributed by atoms with Gasteiger partial charge in [0.05, 0.1) is 6.61 Å². The van der Waals surface area contributed by atoms with Crippen LogP contribution in [0, 0.1) is 0 Å². The standard InChI is InChI=1S/C9H13ClN2O/c1-3-13-9-8(10)4-7(5-12-9)6(2)11/h4-6H,3,11H2,1-2H3. The minimum Gasteiger partial charge on any atom is -0.477 e. The molecule has 1 atom stereocenters. The first-order valence-electron chi connectivity index (χ1n) is 4.19. The number of nitrogens with two attached hydrogens (primary N) is 1. The highest BCUT2D eigenvalue weighted by atomic mass is 35.5. The summed E-state index contributed by atoms with van der Waals surface area (Å²) in [7, 11) is 0. The Morgan fingerprint density at radius 2 is 2.38 bits per heavy atom. The van der Waals surface area contributed by atoms with Crippen LogP contribution in [0.1, 0.15) is 25.5 Å². The maximum atomic E-state index is 5.91. The Morgan fingerprint density at radius 3 is 2.85 bits per heavy atom. The molecular weight excluding hydrogens is 188 g/mol. The summed E-state index contributed by atoms with van der Waals surface area (Å²) < 4.78 is 5.19. The van der Waals surface area contributed by atoms with E-state index in [0.29, 0.717) is 17.5 Å². The van der Waals surface area contributed by atoms with Gasteiger partial charge < -0.3 is 10.5 Å². The van der Waals surface area contributed by atoms with E-state index < -0.39 is 0 Å². The molecule has 0 spiro atoms. The SMILES string of the molecule is CCOc1ncc(C(C)N)cc1Cl. The van der Waals surface area contributed by atoms with E-state index in [1.165, 1.54) is 0 Å². The zero-order chi connectivity index (χ0) is 9.84. The summed E-state index contributed by atoms with van der Waals surface area (Å²) in [6.07, 6.45) is 1.68. The van der Waals surface area contributed by atoms with Gasteiger partial charge in [-0.05, 0) is 25.5 Å². The van der Waals surface area contributed by atoms with Gasteiger partial charge >= 0.3 is 0 Å². The van der Waals surface area contributed by atoms with Gasteiger partial charge in [0.1, 0.15) is 5.02 Å². The fourth-order valence-corrected chi connectivity index (χ4v) is 1.16. The van der Waals surface area contributed by atoms with Gasteiger partial charge in [-0.15, -0.1) is 0 Å². The molecule has 0 bridgehead atoms. The lowest BCUT2D eigenvalue weighted by Crippen LogP contribution is -2.06. The second-order valence-electron chi connectivity index (χ2n) is 2.78. The van der Waals surface area contributed by atoms with E-state index in [9.17, 15) is 0 Å². The molecule has 1 rings (SSSR count). The molecule has 0 aromatic carbocycles. The summed E-state index contributed by atoms with van der Waals surface area (Å²) in [5.41, 5.74) is 6.58. The maximum Gasteiger partial charge on any atom is 0.232 e. The maximum absolute atomic E-state index is 5.91. The van der Waals surface area contributed by atoms with Crippen LogP contribution in [0.25, 0.3) is 0 Å². The van der Waals surface area contributed by atoms with Crippen LogP contribution in [0.2, 0.25) is 5.02 Å². The Bertz CT molecular complexity index is 289. The molecule has 1 aromatic heterocycles. The molecule has 1 aromatic rings. The lowest BCUT2D eigenvalue weighted by Gasteiger charge is -2.08. The number of ether oxygens (including phenoxy) is 1. The van der Waals surface area contributed by atoms with Gasteiger partial charge in [0.15, 0.2) is 0 Å². The molecule has 0 fully saturated rings. The molecule has 0 radical (unpaired) electrons. The summed E-state index contributed by atoms with van der Waals surface area (Å²) in [5.74, 6) is 0.466. The molecule has 0 amide bonds. The monoisotopic (exact) mass is 200 g/mol. The number of nitrogens with zero attached hydrogens (tertiary/aromatic N) is 1. The molecule has 0 aliphatic rings. The Labute approximate surface area is 82.9 Å². The molecular formula is C9H13ClN2O. The normalized spacial score (nSPS) is 12.6. The second-order valence-corrected chi connectivity index (χ2v) is 3.18. The topological polar surface area (TPSA) is 48.1 Å². The Hall–Kier alpha value is -0.800. The van der Waals surface area contributed by atoms with Gasteiger partial charge in [0, 0.05) is 12.2 Å². The van der Waals surface area contributed by atoms with Crippen molar-refractivity contribution in [3.8, 4) is 5.88 Å². The average molecular weight is 201 g/mol. The summed E-state index contributed by atoms with van der Waals surface area (Å²) >= 11 is 5.91. The van der Waals surface area contributed by atoms with Crippen LogP contribution in [-0.4, -0.2) is 11.6 Å². The van der Waals surface area contributed by atoms with Gasteiger partial charge in [-0.2, -0.15) is 0 Å². The first-order valence-corrected chi connectivity index (χ1v) is 4.56. The van der Waals surface area contributed by atoms with E-state index in [1.54, 1.807) is 12.3 Å². The van der Waals surface area contributed by atoms with Crippen LogP contribution in [0.15, 0.2) is 12.3 Å². The van der Waals surface area contributed by atoms with E-state index in [1.807, 2.05) is 13.8 Å². The fourth-order valence-electron chi connectivity index (χ4n) is 0.932. The fraction of sp³-hybridized carbons (Fsp3) is 0.444. The first kappa shape index (κ1) is 10.3. The van der Waals surface area contributed by atoms with E-state index in [-0.39, 0.29) is 6.04 Å². The van der Waals surface area contributed by atoms with E-state index in [4.69, 9.17) is 22.1 Å². The quantitative estimate of drug-likeness (QED) is 0.814. The predicted octanol–water partition coefficient (Wildman–Crippen LogP) is 2.15. The smallest absolute Gasteiger partial charge is 0.232 e. The Balaban J connectivity index is 2.92. The molecule has 0 saturated heterocycles. The highest BCUT2D eigenvalue weighted by Gasteiger charge is 2.06. The van der Waals surface area contributed by atoms with E-state index in [2.05, 4.69) is 4.98 Å². The van der Waals surface area contributed by atoms with Crippen LogP contribution in [0.5, 0.6) is 5.88 Å². The molecule has 1 heterocycles. The zero-order valence-corrected chi connectivity index (χ0v) is 8.51. The van der Waals surface area contributed by atoms with E-state index in [0.717, 1.165) is 5.56 Å². The third-order valence-corrected chi connectivity index (χ3v) is 1.91. The highest BCUT2D eigenvalue weighted by Crippen LogP contribution is 2.24. The lowest BCUT2D eigenvalue weighted by atomic mass is 10.2.